The fraction of sp³-hybridized carbons (Fsp3) is 0.462. The van der Waals surface area contributed by atoms with Gasteiger partial charge in [-0.3, -0.25) is 9.59 Å². The van der Waals surface area contributed by atoms with Crippen LogP contribution >= 0.6 is 0 Å². The number of carbonyl (C=O) groups excluding carboxylic acids is 1. The highest BCUT2D eigenvalue weighted by atomic mass is 16.4. The first kappa shape index (κ1) is 14.1. The van der Waals surface area contributed by atoms with Crippen molar-refractivity contribution in [2.24, 2.45) is 0 Å². The summed E-state index contributed by atoms with van der Waals surface area (Å²) in [7, 11) is 0. The second kappa shape index (κ2) is 5.36. The molecule has 1 fully saturated rings. The lowest BCUT2D eigenvalue weighted by Crippen LogP contribution is -2.43. The summed E-state index contributed by atoms with van der Waals surface area (Å²) in [6.07, 6.45) is 1.08. The number of aromatic nitrogens is 1. The molecule has 1 aromatic heterocycles. The number of carbonyl (C=O) groups is 2. The number of nitrogens with zero attached hydrogens (tertiary/aromatic N) is 2. The minimum absolute atomic E-state index is 0.152. The lowest BCUT2D eigenvalue weighted by molar-refractivity contribution is -0.148. The van der Waals surface area contributed by atoms with E-state index >= 15 is 0 Å². The molecule has 1 atom stereocenters. The molecule has 0 radical (unpaired) electrons. The molecule has 7 heteroatoms. The van der Waals surface area contributed by atoms with E-state index in [1.165, 1.54) is 15.5 Å². The first-order chi connectivity index (χ1) is 9.40. The first-order valence-corrected chi connectivity index (χ1v) is 6.33. The fourth-order valence-corrected chi connectivity index (χ4v) is 2.46. The summed E-state index contributed by atoms with van der Waals surface area (Å²) < 4.78 is 1.22. The number of carboxylic acids is 1. The van der Waals surface area contributed by atoms with Crippen LogP contribution in [0.4, 0.5) is 0 Å². The molecule has 20 heavy (non-hydrogen) atoms. The molecule has 7 nitrogen and oxygen atoms in total. The van der Waals surface area contributed by atoms with E-state index in [9.17, 15) is 19.5 Å². The van der Waals surface area contributed by atoms with Crippen LogP contribution in [-0.2, 0) is 16.1 Å². The number of rotatable bonds is 3. The van der Waals surface area contributed by atoms with Crippen LogP contribution in [0.2, 0.25) is 0 Å². The topological polar surface area (TPSA) is 99.8 Å². The largest absolute Gasteiger partial charge is 0.508 e. The molecule has 1 aliphatic rings. The van der Waals surface area contributed by atoms with Gasteiger partial charge >= 0.3 is 5.97 Å². The predicted octanol–water partition coefficient (Wildman–Crippen LogP) is -0.0621. The molecule has 0 spiro atoms. The third kappa shape index (κ3) is 2.66. The summed E-state index contributed by atoms with van der Waals surface area (Å²) in [6, 6.07) is 1.60. The molecule has 0 aliphatic carbocycles. The Kier molecular flexibility index (Phi) is 3.78. The Balaban J connectivity index is 2.20. The molecule has 1 aromatic rings. The zero-order chi connectivity index (χ0) is 14.9. The molecule has 2 rings (SSSR count). The molecular formula is C13H16N2O5. The molecule has 1 amide bonds. The van der Waals surface area contributed by atoms with Gasteiger partial charge in [0.1, 0.15) is 18.3 Å². The van der Waals surface area contributed by atoms with Crippen molar-refractivity contribution in [2.45, 2.75) is 32.4 Å². The van der Waals surface area contributed by atoms with Crippen LogP contribution in [0, 0.1) is 6.92 Å². The average molecular weight is 280 g/mol. The van der Waals surface area contributed by atoms with Crippen LogP contribution in [0.15, 0.2) is 16.9 Å². The third-order valence-corrected chi connectivity index (χ3v) is 3.47. The van der Waals surface area contributed by atoms with Crippen molar-refractivity contribution in [1.82, 2.24) is 9.47 Å². The minimum Gasteiger partial charge on any atom is -0.508 e. The molecule has 0 aromatic carbocycles. The van der Waals surface area contributed by atoms with Crippen LogP contribution in [0.5, 0.6) is 5.75 Å². The van der Waals surface area contributed by atoms with E-state index in [1.807, 2.05) is 0 Å². The number of likely N-dealkylation sites (tertiary alicyclic amines) is 1. The molecule has 2 N–H and O–H groups in total. The SMILES string of the molecule is Cc1cc(O)cc(=O)n1CC(=O)N1CCC[C@H]1C(=O)O. The number of amides is 1. The van der Waals surface area contributed by atoms with E-state index in [0.717, 1.165) is 6.07 Å². The average Bonchev–Trinajstić information content (AvgIpc) is 2.82. The Bertz CT molecular complexity index is 607. The number of carboxylic acid groups (broad SMARTS) is 1. The lowest BCUT2D eigenvalue weighted by atomic mass is 10.2. The monoisotopic (exact) mass is 280 g/mol. The van der Waals surface area contributed by atoms with Gasteiger partial charge in [0, 0.05) is 18.3 Å². The summed E-state index contributed by atoms with van der Waals surface area (Å²) in [5.74, 6) is -1.57. The van der Waals surface area contributed by atoms with Crippen LogP contribution in [0.25, 0.3) is 0 Å². The van der Waals surface area contributed by atoms with Crippen molar-refractivity contribution in [3.8, 4) is 5.75 Å². The molecular weight excluding hydrogens is 264 g/mol. The maximum atomic E-state index is 12.2. The van der Waals surface area contributed by atoms with Crippen molar-refractivity contribution in [1.29, 1.82) is 0 Å². The van der Waals surface area contributed by atoms with E-state index in [2.05, 4.69) is 0 Å². The second-order valence-electron chi connectivity index (χ2n) is 4.86. The number of hydrogen-bond acceptors (Lipinski definition) is 4. The number of aryl methyl sites for hydroxylation is 1. The van der Waals surface area contributed by atoms with Crippen molar-refractivity contribution >= 4 is 11.9 Å². The Morgan fingerprint density at radius 2 is 2.10 bits per heavy atom. The smallest absolute Gasteiger partial charge is 0.326 e. The van der Waals surface area contributed by atoms with Gasteiger partial charge in [-0.2, -0.15) is 0 Å². The summed E-state index contributed by atoms with van der Waals surface area (Å²) in [5.41, 5.74) is -0.0312. The number of aliphatic carboxylic acids is 1. The number of aromatic hydroxyl groups is 1. The fourth-order valence-electron chi connectivity index (χ4n) is 2.46. The van der Waals surface area contributed by atoms with Crippen molar-refractivity contribution in [3.63, 3.8) is 0 Å². The van der Waals surface area contributed by atoms with Crippen molar-refractivity contribution in [3.05, 3.63) is 28.2 Å². The summed E-state index contributed by atoms with van der Waals surface area (Å²) in [5, 5.41) is 18.3. The molecule has 0 unspecified atom stereocenters. The molecule has 108 valence electrons. The molecule has 1 saturated heterocycles. The molecule has 0 bridgehead atoms. The van der Waals surface area contributed by atoms with Crippen molar-refractivity contribution < 1.29 is 19.8 Å². The summed E-state index contributed by atoms with van der Waals surface area (Å²) >= 11 is 0. The molecule has 0 saturated carbocycles. The Hall–Kier alpha value is -2.31. The van der Waals surface area contributed by atoms with Crippen LogP contribution < -0.4 is 5.56 Å². The maximum absolute atomic E-state index is 12.2. The Labute approximate surface area is 115 Å². The van der Waals surface area contributed by atoms with Crippen LogP contribution in [0.1, 0.15) is 18.5 Å². The quantitative estimate of drug-likeness (QED) is 0.808. The van der Waals surface area contributed by atoms with E-state index in [1.54, 1.807) is 6.92 Å². The molecule has 2 heterocycles. The zero-order valence-corrected chi connectivity index (χ0v) is 11.1. The van der Waals surface area contributed by atoms with E-state index in [4.69, 9.17) is 5.11 Å². The van der Waals surface area contributed by atoms with Gasteiger partial charge in [-0.05, 0) is 25.8 Å². The standard InChI is InChI=1S/C13H16N2O5/c1-8-5-9(16)6-11(17)15(8)7-12(18)14-4-2-3-10(14)13(19)20/h5-6,10,16H,2-4,7H2,1H3,(H,19,20)/t10-/m0/s1. The van der Waals surface area contributed by atoms with Gasteiger partial charge in [-0.15, -0.1) is 0 Å². The van der Waals surface area contributed by atoms with E-state index in [-0.39, 0.29) is 12.3 Å². The van der Waals surface area contributed by atoms with Gasteiger partial charge in [0.2, 0.25) is 5.91 Å². The number of hydrogen-bond donors (Lipinski definition) is 2. The third-order valence-electron chi connectivity index (χ3n) is 3.47. The van der Waals surface area contributed by atoms with Crippen molar-refractivity contribution in [2.75, 3.05) is 6.54 Å². The van der Waals surface area contributed by atoms with Gasteiger partial charge in [0.25, 0.3) is 5.56 Å². The molecule has 1 aliphatic heterocycles. The maximum Gasteiger partial charge on any atom is 0.326 e. The van der Waals surface area contributed by atoms with Gasteiger partial charge in [-0.25, -0.2) is 4.79 Å². The minimum atomic E-state index is -1.02. The normalized spacial score (nSPS) is 18.2. The predicted molar refractivity (Wildman–Crippen MR) is 69.5 cm³/mol. The first-order valence-electron chi connectivity index (χ1n) is 6.33. The van der Waals surface area contributed by atoms with E-state index < -0.39 is 23.5 Å². The highest BCUT2D eigenvalue weighted by molar-refractivity contribution is 5.84. The second-order valence-corrected chi connectivity index (χ2v) is 4.86. The lowest BCUT2D eigenvalue weighted by Gasteiger charge is -2.22. The van der Waals surface area contributed by atoms with Crippen LogP contribution in [0.3, 0.4) is 0 Å². The number of pyridine rings is 1. The van der Waals surface area contributed by atoms with Gasteiger partial charge in [0.15, 0.2) is 0 Å². The zero-order valence-electron chi connectivity index (χ0n) is 11.1. The Morgan fingerprint density at radius 1 is 1.40 bits per heavy atom. The van der Waals surface area contributed by atoms with Gasteiger partial charge < -0.3 is 19.7 Å². The van der Waals surface area contributed by atoms with Gasteiger partial charge in [0.05, 0.1) is 0 Å². The highest BCUT2D eigenvalue weighted by Crippen LogP contribution is 2.18. The van der Waals surface area contributed by atoms with E-state index in [0.29, 0.717) is 25.1 Å². The van der Waals surface area contributed by atoms with Crippen LogP contribution in [-0.4, -0.2) is 44.1 Å². The highest BCUT2D eigenvalue weighted by Gasteiger charge is 2.33. The Morgan fingerprint density at radius 3 is 2.70 bits per heavy atom. The van der Waals surface area contributed by atoms with Gasteiger partial charge in [-0.1, -0.05) is 0 Å². The summed E-state index contributed by atoms with van der Waals surface area (Å²) in [6.45, 7) is 1.78. The summed E-state index contributed by atoms with van der Waals surface area (Å²) in [4.78, 5) is 36.2.